The van der Waals surface area contributed by atoms with E-state index in [0.717, 1.165) is 12.1 Å². The highest BCUT2D eigenvalue weighted by atomic mass is 16.4. The molecule has 6 nitrogen and oxygen atoms in total. The van der Waals surface area contributed by atoms with Gasteiger partial charge in [0.05, 0.1) is 6.04 Å². The Hall–Kier alpha value is -1.95. The Morgan fingerprint density at radius 2 is 2.05 bits per heavy atom. The van der Waals surface area contributed by atoms with Crippen molar-refractivity contribution in [1.82, 2.24) is 20.5 Å². The number of nitrogens with zero attached hydrogens (tertiary/aromatic N) is 4. The van der Waals surface area contributed by atoms with Crippen molar-refractivity contribution < 1.29 is 4.42 Å². The van der Waals surface area contributed by atoms with Crippen LogP contribution in [0.4, 0.5) is 6.01 Å². The van der Waals surface area contributed by atoms with Gasteiger partial charge >= 0.3 is 6.01 Å². The molecule has 0 fully saturated rings. The molecule has 6 heteroatoms. The van der Waals surface area contributed by atoms with E-state index in [9.17, 15) is 0 Å². The summed E-state index contributed by atoms with van der Waals surface area (Å²) >= 11 is 0. The molecule has 2 aromatic heterocycles. The fraction of sp³-hybridized carbons (Fsp3) is 0.462. The van der Waals surface area contributed by atoms with Crippen molar-refractivity contribution in [1.29, 1.82) is 0 Å². The van der Waals surface area contributed by atoms with Crippen molar-refractivity contribution in [2.75, 3.05) is 18.5 Å². The number of nitrogens with one attached hydrogen (secondary N) is 1. The molecular formula is C13H19N5O. The van der Waals surface area contributed by atoms with Crippen molar-refractivity contribution in [2.24, 2.45) is 0 Å². The Bertz CT molecular complexity index is 499. The minimum atomic E-state index is 0.0700. The first-order chi connectivity index (χ1) is 9.20. The van der Waals surface area contributed by atoms with Crippen LogP contribution in [0.2, 0.25) is 0 Å². The fourth-order valence-electron chi connectivity index (χ4n) is 1.78. The lowest BCUT2D eigenvalue weighted by Crippen LogP contribution is -2.18. The molecule has 0 amide bonds. The van der Waals surface area contributed by atoms with Crippen LogP contribution in [0, 0.1) is 0 Å². The maximum absolute atomic E-state index is 5.66. The normalized spacial score (nSPS) is 12.4. The highest BCUT2D eigenvalue weighted by molar-refractivity contribution is 5.26. The van der Waals surface area contributed by atoms with Crippen molar-refractivity contribution in [3.63, 3.8) is 0 Å². The van der Waals surface area contributed by atoms with Gasteiger partial charge in [0, 0.05) is 26.0 Å². The summed E-state index contributed by atoms with van der Waals surface area (Å²) in [4.78, 5) is 5.92. The van der Waals surface area contributed by atoms with E-state index in [0.29, 0.717) is 18.5 Å². The maximum atomic E-state index is 5.66. The lowest BCUT2D eigenvalue weighted by Gasteiger charge is -2.13. The first kappa shape index (κ1) is 13.5. The molecular weight excluding hydrogens is 242 g/mol. The molecule has 0 radical (unpaired) electrons. The SMILES string of the molecule is CCNC(C)c1nnc(N(C)Cc2ccncc2)o1. The van der Waals surface area contributed by atoms with E-state index >= 15 is 0 Å². The smallest absolute Gasteiger partial charge is 0.318 e. The summed E-state index contributed by atoms with van der Waals surface area (Å²) in [5.74, 6) is 0.610. The van der Waals surface area contributed by atoms with Gasteiger partial charge in [-0.15, -0.1) is 5.10 Å². The van der Waals surface area contributed by atoms with Gasteiger partial charge in [-0.3, -0.25) is 4.98 Å². The zero-order chi connectivity index (χ0) is 13.7. The van der Waals surface area contributed by atoms with Gasteiger partial charge in [-0.05, 0) is 31.2 Å². The van der Waals surface area contributed by atoms with E-state index in [-0.39, 0.29) is 6.04 Å². The van der Waals surface area contributed by atoms with Crippen molar-refractivity contribution >= 4 is 6.01 Å². The highest BCUT2D eigenvalue weighted by Gasteiger charge is 2.15. The Balaban J connectivity index is 2.02. The molecule has 0 aliphatic rings. The summed E-state index contributed by atoms with van der Waals surface area (Å²) in [6.45, 7) is 5.62. The molecule has 0 aliphatic heterocycles. The predicted molar refractivity (Wildman–Crippen MR) is 72.7 cm³/mol. The number of anilines is 1. The second-order valence-electron chi connectivity index (χ2n) is 4.41. The van der Waals surface area contributed by atoms with Crippen LogP contribution in [0.1, 0.15) is 31.3 Å². The van der Waals surface area contributed by atoms with Crippen LogP contribution in [0.3, 0.4) is 0 Å². The van der Waals surface area contributed by atoms with Gasteiger partial charge < -0.3 is 14.6 Å². The third-order valence-electron chi connectivity index (χ3n) is 2.81. The molecule has 102 valence electrons. The van der Waals surface area contributed by atoms with Crippen molar-refractivity contribution in [3.05, 3.63) is 36.0 Å². The van der Waals surface area contributed by atoms with Gasteiger partial charge in [-0.25, -0.2) is 0 Å². The molecule has 1 atom stereocenters. The summed E-state index contributed by atoms with van der Waals surface area (Å²) in [5, 5.41) is 11.4. The molecule has 0 aliphatic carbocycles. The van der Waals surface area contributed by atoms with Crippen molar-refractivity contribution in [2.45, 2.75) is 26.4 Å². The molecule has 19 heavy (non-hydrogen) atoms. The summed E-state index contributed by atoms with van der Waals surface area (Å²) < 4.78 is 5.66. The fourth-order valence-corrected chi connectivity index (χ4v) is 1.78. The largest absolute Gasteiger partial charge is 0.406 e. The van der Waals surface area contributed by atoms with Gasteiger partial charge in [0.25, 0.3) is 0 Å². The molecule has 2 heterocycles. The van der Waals surface area contributed by atoms with Crippen LogP contribution in [0.25, 0.3) is 0 Å². The number of aromatic nitrogens is 3. The zero-order valence-electron chi connectivity index (χ0n) is 11.5. The number of hydrogen-bond donors (Lipinski definition) is 1. The Morgan fingerprint density at radius 3 is 2.74 bits per heavy atom. The highest BCUT2D eigenvalue weighted by Crippen LogP contribution is 2.17. The van der Waals surface area contributed by atoms with Crippen LogP contribution in [0.5, 0.6) is 0 Å². The van der Waals surface area contributed by atoms with Crippen LogP contribution in [-0.4, -0.2) is 28.8 Å². The zero-order valence-corrected chi connectivity index (χ0v) is 11.5. The average Bonchev–Trinajstić information content (AvgIpc) is 2.90. The molecule has 0 saturated heterocycles. The lowest BCUT2D eigenvalue weighted by molar-refractivity contribution is 0.421. The summed E-state index contributed by atoms with van der Waals surface area (Å²) in [6.07, 6.45) is 3.55. The monoisotopic (exact) mass is 261 g/mol. The third-order valence-corrected chi connectivity index (χ3v) is 2.81. The Labute approximate surface area is 112 Å². The second-order valence-corrected chi connectivity index (χ2v) is 4.41. The lowest BCUT2D eigenvalue weighted by atomic mass is 10.2. The topological polar surface area (TPSA) is 67.1 Å². The van der Waals surface area contributed by atoms with Crippen LogP contribution >= 0.6 is 0 Å². The van der Waals surface area contributed by atoms with Gasteiger partial charge in [-0.2, -0.15) is 0 Å². The predicted octanol–water partition coefficient (Wildman–Crippen LogP) is 1.77. The number of rotatable bonds is 6. The van der Waals surface area contributed by atoms with Gasteiger partial charge in [0.1, 0.15) is 0 Å². The molecule has 0 spiro atoms. The molecule has 1 unspecified atom stereocenters. The van der Waals surface area contributed by atoms with Gasteiger partial charge in [0.15, 0.2) is 0 Å². The van der Waals surface area contributed by atoms with Gasteiger partial charge in [-0.1, -0.05) is 12.0 Å². The van der Waals surface area contributed by atoms with Crippen LogP contribution in [-0.2, 0) is 6.54 Å². The summed E-state index contributed by atoms with van der Waals surface area (Å²) in [6, 6.07) is 4.53. The second kappa shape index (κ2) is 6.29. The molecule has 2 rings (SSSR count). The van der Waals surface area contributed by atoms with E-state index in [2.05, 4.69) is 20.5 Å². The van der Waals surface area contributed by atoms with Crippen LogP contribution in [0.15, 0.2) is 28.9 Å². The maximum Gasteiger partial charge on any atom is 0.318 e. The molecule has 1 N–H and O–H groups in total. The van der Waals surface area contributed by atoms with E-state index < -0.39 is 0 Å². The Kier molecular flexibility index (Phi) is 4.46. The quantitative estimate of drug-likeness (QED) is 0.854. The minimum absolute atomic E-state index is 0.0700. The van der Waals surface area contributed by atoms with E-state index in [1.54, 1.807) is 12.4 Å². The minimum Gasteiger partial charge on any atom is -0.406 e. The molecule has 0 saturated carbocycles. The van der Waals surface area contributed by atoms with E-state index in [1.165, 1.54) is 0 Å². The molecule has 0 aromatic carbocycles. The third kappa shape index (κ3) is 3.51. The molecule has 0 bridgehead atoms. The van der Waals surface area contributed by atoms with E-state index in [4.69, 9.17) is 4.42 Å². The Morgan fingerprint density at radius 1 is 1.32 bits per heavy atom. The first-order valence-electron chi connectivity index (χ1n) is 6.37. The van der Waals surface area contributed by atoms with Crippen molar-refractivity contribution in [3.8, 4) is 0 Å². The van der Waals surface area contributed by atoms with E-state index in [1.807, 2.05) is 37.9 Å². The molecule has 2 aromatic rings. The summed E-state index contributed by atoms with van der Waals surface area (Å²) in [5.41, 5.74) is 1.15. The number of pyridine rings is 1. The number of hydrogen-bond acceptors (Lipinski definition) is 6. The summed E-state index contributed by atoms with van der Waals surface area (Å²) in [7, 11) is 1.93. The standard InChI is InChI=1S/C13H19N5O/c1-4-15-10(2)12-16-17-13(19-12)18(3)9-11-5-7-14-8-6-11/h5-8,10,15H,4,9H2,1-3H3. The average molecular weight is 261 g/mol. The van der Waals surface area contributed by atoms with Gasteiger partial charge in [0.2, 0.25) is 5.89 Å². The first-order valence-corrected chi connectivity index (χ1v) is 6.37. The van der Waals surface area contributed by atoms with Crippen LogP contribution < -0.4 is 10.2 Å².